The van der Waals surface area contributed by atoms with Crippen molar-refractivity contribution in [1.82, 2.24) is 0 Å². The first kappa shape index (κ1) is 17.5. The molecule has 2 aromatic carbocycles. The molecule has 5 heteroatoms. The second kappa shape index (κ2) is 7.31. The van der Waals surface area contributed by atoms with E-state index in [-0.39, 0.29) is 5.91 Å². The molecule has 0 aliphatic carbocycles. The normalized spacial score (nSPS) is 16.3. The Bertz CT molecular complexity index is 816. The van der Waals surface area contributed by atoms with Crippen LogP contribution in [0.25, 0.3) is 0 Å². The van der Waals surface area contributed by atoms with Gasteiger partial charge in [-0.05, 0) is 41.5 Å². The van der Waals surface area contributed by atoms with Gasteiger partial charge in [0.1, 0.15) is 0 Å². The fourth-order valence-electron chi connectivity index (χ4n) is 2.88. The van der Waals surface area contributed by atoms with Crippen LogP contribution in [0.5, 0.6) is 0 Å². The zero-order valence-corrected chi connectivity index (χ0v) is 15.4. The van der Waals surface area contributed by atoms with Crippen LogP contribution in [0.2, 0.25) is 0 Å². The van der Waals surface area contributed by atoms with Gasteiger partial charge in [-0.25, -0.2) is 4.79 Å². The average Bonchev–Trinajstić information content (AvgIpc) is 2.61. The summed E-state index contributed by atoms with van der Waals surface area (Å²) in [6.45, 7) is 4.21. The first-order valence-corrected chi connectivity index (χ1v) is 9.49. The SMILES string of the molecule is CSc1ccccc1NC(=O)C1Cc2cc(C(C)C)ccc2C(=O)O1. The van der Waals surface area contributed by atoms with Crippen LogP contribution in [0.4, 0.5) is 5.69 Å². The molecular formula is C20H21NO3S. The second-order valence-corrected chi connectivity index (χ2v) is 7.21. The first-order chi connectivity index (χ1) is 12.0. The van der Waals surface area contributed by atoms with Crippen molar-refractivity contribution in [2.24, 2.45) is 0 Å². The van der Waals surface area contributed by atoms with Gasteiger partial charge in [-0.3, -0.25) is 4.79 Å². The molecule has 1 unspecified atom stereocenters. The van der Waals surface area contributed by atoms with E-state index < -0.39 is 12.1 Å². The lowest BCUT2D eigenvalue weighted by Gasteiger charge is -2.25. The van der Waals surface area contributed by atoms with Gasteiger partial charge in [0.25, 0.3) is 5.91 Å². The zero-order chi connectivity index (χ0) is 18.0. The molecule has 2 aromatic rings. The predicted octanol–water partition coefficient (Wildman–Crippen LogP) is 4.25. The molecule has 25 heavy (non-hydrogen) atoms. The number of nitrogens with one attached hydrogen (secondary N) is 1. The highest BCUT2D eigenvalue weighted by Gasteiger charge is 2.31. The summed E-state index contributed by atoms with van der Waals surface area (Å²) < 4.78 is 5.36. The summed E-state index contributed by atoms with van der Waals surface area (Å²) >= 11 is 1.56. The van der Waals surface area contributed by atoms with Crippen LogP contribution in [-0.4, -0.2) is 24.2 Å². The quantitative estimate of drug-likeness (QED) is 0.658. The van der Waals surface area contributed by atoms with Gasteiger partial charge >= 0.3 is 5.97 Å². The number of cyclic esters (lactones) is 1. The molecule has 130 valence electrons. The van der Waals surface area contributed by atoms with E-state index in [2.05, 4.69) is 19.2 Å². The average molecular weight is 355 g/mol. The number of benzene rings is 2. The van der Waals surface area contributed by atoms with E-state index >= 15 is 0 Å². The Morgan fingerprint density at radius 2 is 2.00 bits per heavy atom. The Labute approximate surface area is 152 Å². The minimum absolute atomic E-state index is 0.296. The molecule has 0 saturated carbocycles. The number of thioether (sulfide) groups is 1. The van der Waals surface area contributed by atoms with Crippen molar-refractivity contribution in [3.05, 3.63) is 59.2 Å². The number of hydrogen-bond acceptors (Lipinski definition) is 4. The molecule has 0 saturated heterocycles. The number of anilines is 1. The third kappa shape index (κ3) is 3.71. The number of esters is 1. The van der Waals surface area contributed by atoms with Gasteiger partial charge in [0.15, 0.2) is 6.10 Å². The maximum Gasteiger partial charge on any atom is 0.339 e. The largest absolute Gasteiger partial charge is 0.448 e. The van der Waals surface area contributed by atoms with Crippen LogP contribution in [0.15, 0.2) is 47.4 Å². The van der Waals surface area contributed by atoms with Gasteiger partial charge in [-0.15, -0.1) is 11.8 Å². The second-order valence-electron chi connectivity index (χ2n) is 6.36. The van der Waals surface area contributed by atoms with E-state index in [1.54, 1.807) is 17.8 Å². The summed E-state index contributed by atoms with van der Waals surface area (Å²) in [4.78, 5) is 25.8. The third-order valence-electron chi connectivity index (χ3n) is 4.33. The van der Waals surface area contributed by atoms with Crippen LogP contribution in [-0.2, 0) is 16.0 Å². The standard InChI is InChI=1S/C20H21NO3S/c1-12(2)13-8-9-15-14(10-13)11-17(24-20(15)23)19(22)21-16-6-4-5-7-18(16)25-3/h4-10,12,17H,11H2,1-3H3,(H,21,22). The molecule has 1 N–H and O–H groups in total. The molecule has 0 bridgehead atoms. The lowest BCUT2D eigenvalue weighted by Crippen LogP contribution is -2.38. The molecule has 0 radical (unpaired) electrons. The van der Waals surface area contributed by atoms with Crippen LogP contribution < -0.4 is 5.32 Å². The van der Waals surface area contributed by atoms with Gasteiger partial charge in [0, 0.05) is 11.3 Å². The lowest BCUT2D eigenvalue weighted by molar-refractivity contribution is -0.125. The Balaban J connectivity index is 1.81. The molecule has 0 fully saturated rings. The molecule has 0 aromatic heterocycles. The Hall–Kier alpha value is -2.27. The van der Waals surface area contributed by atoms with Crippen molar-refractivity contribution in [3.8, 4) is 0 Å². The summed E-state index contributed by atoms with van der Waals surface area (Å²) in [5.74, 6) is -0.366. The fourth-order valence-corrected chi connectivity index (χ4v) is 3.44. The van der Waals surface area contributed by atoms with Crippen LogP contribution in [0.1, 0.15) is 41.3 Å². The van der Waals surface area contributed by atoms with Gasteiger partial charge in [-0.1, -0.05) is 38.1 Å². The molecule has 1 aliphatic rings. The highest BCUT2D eigenvalue weighted by molar-refractivity contribution is 7.98. The summed E-state index contributed by atoms with van der Waals surface area (Å²) in [7, 11) is 0. The Morgan fingerprint density at radius 3 is 2.72 bits per heavy atom. The zero-order valence-electron chi connectivity index (χ0n) is 14.5. The molecule has 0 spiro atoms. The molecular weight excluding hydrogens is 334 g/mol. The molecule has 1 aliphatic heterocycles. The Morgan fingerprint density at radius 1 is 1.24 bits per heavy atom. The van der Waals surface area contributed by atoms with Gasteiger partial charge in [0.2, 0.25) is 0 Å². The molecule has 1 atom stereocenters. The monoisotopic (exact) mass is 355 g/mol. The first-order valence-electron chi connectivity index (χ1n) is 8.27. The van der Waals surface area contributed by atoms with Crippen molar-refractivity contribution < 1.29 is 14.3 Å². The van der Waals surface area contributed by atoms with E-state index in [0.717, 1.165) is 21.7 Å². The topological polar surface area (TPSA) is 55.4 Å². The van der Waals surface area contributed by atoms with Crippen LogP contribution in [0, 0.1) is 0 Å². The van der Waals surface area contributed by atoms with E-state index in [4.69, 9.17) is 4.74 Å². The van der Waals surface area contributed by atoms with Crippen molar-refractivity contribution in [2.75, 3.05) is 11.6 Å². The van der Waals surface area contributed by atoms with E-state index in [1.165, 1.54) is 0 Å². The van der Waals surface area contributed by atoms with Crippen LogP contribution >= 0.6 is 11.8 Å². The smallest absolute Gasteiger partial charge is 0.339 e. The number of fused-ring (bicyclic) bond motifs is 1. The fraction of sp³-hybridized carbons (Fsp3) is 0.300. The summed E-state index contributed by atoms with van der Waals surface area (Å²) in [5, 5.41) is 2.88. The number of amides is 1. The number of ether oxygens (including phenoxy) is 1. The minimum Gasteiger partial charge on any atom is -0.448 e. The number of rotatable bonds is 4. The predicted molar refractivity (Wildman–Crippen MR) is 100 cm³/mol. The van der Waals surface area contributed by atoms with E-state index in [9.17, 15) is 9.59 Å². The number of carbonyl (C=O) groups excluding carboxylic acids is 2. The number of hydrogen-bond donors (Lipinski definition) is 1. The van der Waals surface area contributed by atoms with E-state index in [1.807, 2.05) is 42.7 Å². The molecule has 1 amide bonds. The van der Waals surface area contributed by atoms with Crippen LogP contribution in [0.3, 0.4) is 0 Å². The lowest BCUT2D eigenvalue weighted by atomic mass is 9.92. The maximum absolute atomic E-state index is 12.6. The highest BCUT2D eigenvalue weighted by atomic mass is 32.2. The van der Waals surface area contributed by atoms with Gasteiger partial charge < -0.3 is 10.1 Å². The third-order valence-corrected chi connectivity index (χ3v) is 5.12. The summed E-state index contributed by atoms with van der Waals surface area (Å²) in [6.07, 6.45) is 1.54. The van der Waals surface area contributed by atoms with Gasteiger partial charge in [0.05, 0.1) is 11.3 Å². The molecule has 4 nitrogen and oxygen atoms in total. The van der Waals surface area contributed by atoms with Crippen molar-refractivity contribution >= 4 is 29.3 Å². The summed E-state index contributed by atoms with van der Waals surface area (Å²) in [6, 6.07) is 13.3. The van der Waals surface area contributed by atoms with Gasteiger partial charge in [-0.2, -0.15) is 0 Å². The molecule has 1 heterocycles. The number of para-hydroxylation sites is 1. The maximum atomic E-state index is 12.6. The van der Waals surface area contributed by atoms with E-state index in [0.29, 0.717) is 17.9 Å². The number of carbonyl (C=O) groups is 2. The summed E-state index contributed by atoms with van der Waals surface area (Å²) in [5.41, 5.74) is 3.32. The van der Waals surface area contributed by atoms with Crippen molar-refractivity contribution in [3.63, 3.8) is 0 Å². The highest BCUT2D eigenvalue weighted by Crippen LogP contribution is 2.28. The molecule has 3 rings (SSSR count). The minimum atomic E-state index is -0.808. The van der Waals surface area contributed by atoms with Crippen molar-refractivity contribution in [2.45, 2.75) is 37.2 Å². The van der Waals surface area contributed by atoms with Crippen molar-refractivity contribution in [1.29, 1.82) is 0 Å². The Kier molecular flexibility index (Phi) is 5.13.